The first-order valence-corrected chi connectivity index (χ1v) is 13.0. The zero-order valence-electron chi connectivity index (χ0n) is 20.4. The Kier molecular flexibility index (Phi) is 6.65. The highest BCUT2D eigenvalue weighted by Gasteiger charge is 2.26. The average molecular weight is 501 g/mol. The number of nitrogen functional groups attached to an aromatic ring is 1. The third-order valence-electron chi connectivity index (χ3n) is 5.77. The SMILES string of the molecule is Cc1ccc(S(=O)(=O)n2ccc3c(NN4CCC(NC(=O)OC(C)(C)C)CC4)c(N)cnc32)cc1. The van der Waals surface area contributed by atoms with Gasteiger partial charge in [0.25, 0.3) is 10.0 Å². The Labute approximate surface area is 205 Å². The highest BCUT2D eigenvalue weighted by molar-refractivity contribution is 7.90. The highest BCUT2D eigenvalue weighted by atomic mass is 32.2. The quantitative estimate of drug-likeness (QED) is 0.485. The number of hydrogen-bond donors (Lipinski definition) is 3. The van der Waals surface area contributed by atoms with E-state index >= 15 is 0 Å². The van der Waals surface area contributed by atoms with Crippen molar-refractivity contribution in [2.75, 3.05) is 24.2 Å². The molecule has 1 aliphatic heterocycles. The summed E-state index contributed by atoms with van der Waals surface area (Å²) in [5.41, 5.74) is 11.3. The van der Waals surface area contributed by atoms with Crippen LogP contribution < -0.4 is 16.5 Å². The predicted octanol–water partition coefficient (Wildman–Crippen LogP) is 3.48. The molecule has 0 aliphatic carbocycles. The van der Waals surface area contributed by atoms with Gasteiger partial charge in [-0.15, -0.1) is 0 Å². The number of piperidine rings is 1. The molecule has 188 valence electrons. The predicted molar refractivity (Wildman–Crippen MR) is 135 cm³/mol. The lowest BCUT2D eigenvalue weighted by Gasteiger charge is -2.33. The Hall–Kier alpha value is -3.31. The lowest BCUT2D eigenvalue weighted by atomic mass is 10.1. The van der Waals surface area contributed by atoms with E-state index in [4.69, 9.17) is 10.5 Å². The van der Waals surface area contributed by atoms with Crippen LogP contribution in [-0.2, 0) is 14.8 Å². The topological polar surface area (TPSA) is 132 Å². The van der Waals surface area contributed by atoms with Crippen molar-refractivity contribution in [3.63, 3.8) is 0 Å². The molecular weight excluding hydrogens is 468 g/mol. The van der Waals surface area contributed by atoms with Crippen molar-refractivity contribution >= 4 is 38.5 Å². The molecule has 11 heteroatoms. The van der Waals surface area contributed by atoms with Crippen molar-refractivity contribution < 1.29 is 17.9 Å². The Bertz CT molecular complexity index is 1320. The largest absolute Gasteiger partial charge is 0.444 e. The van der Waals surface area contributed by atoms with Gasteiger partial charge in [0.1, 0.15) is 5.60 Å². The van der Waals surface area contributed by atoms with Crippen LogP contribution in [0.1, 0.15) is 39.2 Å². The first kappa shape index (κ1) is 24.8. The van der Waals surface area contributed by atoms with E-state index in [1.807, 2.05) is 32.7 Å². The van der Waals surface area contributed by atoms with Crippen LogP contribution in [0.2, 0.25) is 0 Å². The highest BCUT2D eigenvalue weighted by Crippen LogP contribution is 2.31. The van der Waals surface area contributed by atoms with E-state index < -0.39 is 21.7 Å². The maximum absolute atomic E-state index is 13.2. The second kappa shape index (κ2) is 9.38. The van der Waals surface area contributed by atoms with Crippen molar-refractivity contribution in [1.82, 2.24) is 19.3 Å². The van der Waals surface area contributed by atoms with Gasteiger partial charge in [0.2, 0.25) is 0 Å². The number of carbonyl (C=O) groups is 1. The van der Waals surface area contributed by atoms with Gasteiger partial charge in [-0.3, -0.25) is 0 Å². The van der Waals surface area contributed by atoms with Crippen LogP contribution in [0.25, 0.3) is 11.0 Å². The van der Waals surface area contributed by atoms with E-state index in [2.05, 4.69) is 15.7 Å². The molecule has 35 heavy (non-hydrogen) atoms. The lowest BCUT2D eigenvalue weighted by Crippen LogP contribution is -2.47. The zero-order chi connectivity index (χ0) is 25.4. The van der Waals surface area contributed by atoms with Gasteiger partial charge in [-0.25, -0.2) is 27.2 Å². The number of anilines is 2. The summed E-state index contributed by atoms with van der Waals surface area (Å²) in [6.07, 6.45) is 3.99. The molecule has 2 aromatic heterocycles. The van der Waals surface area contributed by atoms with Crippen molar-refractivity contribution in [1.29, 1.82) is 0 Å². The third kappa shape index (κ3) is 5.51. The second-order valence-corrected chi connectivity index (χ2v) is 11.6. The Morgan fingerprint density at radius 1 is 1.14 bits per heavy atom. The van der Waals surface area contributed by atoms with E-state index in [0.29, 0.717) is 35.5 Å². The van der Waals surface area contributed by atoms with Gasteiger partial charge < -0.3 is 21.2 Å². The molecule has 3 aromatic rings. The van der Waals surface area contributed by atoms with Crippen LogP contribution in [-0.4, -0.2) is 53.2 Å². The number of aromatic nitrogens is 2. The summed E-state index contributed by atoms with van der Waals surface area (Å²) in [5, 5.41) is 5.53. The summed E-state index contributed by atoms with van der Waals surface area (Å²) in [6.45, 7) is 8.72. The van der Waals surface area contributed by atoms with Crippen LogP contribution >= 0.6 is 0 Å². The molecule has 0 unspecified atom stereocenters. The summed E-state index contributed by atoms with van der Waals surface area (Å²) in [6, 6.07) is 8.41. The maximum Gasteiger partial charge on any atom is 0.407 e. The Balaban J connectivity index is 1.49. The number of fused-ring (bicyclic) bond motifs is 1. The van der Waals surface area contributed by atoms with Crippen LogP contribution in [0.4, 0.5) is 16.2 Å². The molecule has 4 rings (SSSR count). The maximum atomic E-state index is 13.2. The number of ether oxygens (including phenoxy) is 1. The average Bonchev–Trinajstić information content (AvgIpc) is 3.21. The van der Waals surface area contributed by atoms with Crippen LogP contribution in [0.5, 0.6) is 0 Å². The summed E-state index contributed by atoms with van der Waals surface area (Å²) >= 11 is 0. The molecule has 1 aromatic carbocycles. The van der Waals surface area contributed by atoms with Gasteiger partial charge in [-0.1, -0.05) is 17.7 Å². The third-order valence-corrected chi connectivity index (χ3v) is 7.45. The molecule has 10 nitrogen and oxygen atoms in total. The second-order valence-electron chi connectivity index (χ2n) is 9.77. The number of alkyl carbamates (subject to hydrolysis) is 1. The minimum Gasteiger partial charge on any atom is -0.444 e. The van der Waals surface area contributed by atoms with Gasteiger partial charge in [-0.05, 0) is 58.7 Å². The summed E-state index contributed by atoms with van der Waals surface area (Å²) in [7, 11) is -3.81. The number of pyridine rings is 1. The first-order valence-electron chi connectivity index (χ1n) is 11.5. The molecule has 0 spiro atoms. The van der Waals surface area contributed by atoms with Gasteiger partial charge in [-0.2, -0.15) is 0 Å². The van der Waals surface area contributed by atoms with Gasteiger partial charge in [0, 0.05) is 30.7 Å². The van der Waals surface area contributed by atoms with Crippen molar-refractivity contribution in [3.05, 3.63) is 48.3 Å². The fourth-order valence-electron chi connectivity index (χ4n) is 3.99. The van der Waals surface area contributed by atoms with Gasteiger partial charge >= 0.3 is 6.09 Å². The standard InChI is InChI=1S/C24H32N6O4S/c1-16-5-7-18(8-6-16)35(32,33)30-14-11-19-21(20(25)15-26-22(19)30)28-29-12-9-17(10-13-29)27-23(31)34-24(2,3)4/h5-8,11,14-15,17H,9-10,12-13,25H2,1-4H3,(H,26,28)(H,27,31). The molecule has 0 bridgehead atoms. The van der Waals surface area contributed by atoms with E-state index in [-0.39, 0.29) is 10.9 Å². The molecule has 1 amide bonds. The van der Waals surface area contributed by atoms with E-state index in [0.717, 1.165) is 18.4 Å². The summed E-state index contributed by atoms with van der Waals surface area (Å²) in [5.74, 6) is 0. The fourth-order valence-corrected chi connectivity index (χ4v) is 5.29. The van der Waals surface area contributed by atoms with Crippen molar-refractivity contribution in [2.24, 2.45) is 0 Å². The molecule has 3 heterocycles. The van der Waals surface area contributed by atoms with Crippen LogP contribution in [0.3, 0.4) is 0 Å². The number of aryl methyl sites for hydroxylation is 1. The smallest absolute Gasteiger partial charge is 0.407 e. The van der Waals surface area contributed by atoms with Gasteiger partial charge in [0.15, 0.2) is 5.65 Å². The van der Waals surface area contributed by atoms with E-state index in [1.54, 1.807) is 30.3 Å². The fraction of sp³-hybridized carbons (Fsp3) is 0.417. The first-order chi connectivity index (χ1) is 16.4. The number of benzene rings is 1. The molecular formula is C24H32N6O4S. The number of hydrogen-bond acceptors (Lipinski definition) is 8. The number of nitrogens with two attached hydrogens (primary N) is 1. The summed E-state index contributed by atoms with van der Waals surface area (Å²) in [4.78, 5) is 16.6. The minimum absolute atomic E-state index is 0.0124. The van der Waals surface area contributed by atoms with Crippen LogP contribution in [0.15, 0.2) is 47.6 Å². The van der Waals surface area contributed by atoms with E-state index in [1.165, 1.54) is 16.4 Å². The number of nitrogens with zero attached hydrogens (tertiary/aromatic N) is 3. The summed E-state index contributed by atoms with van der Waals surface area (Å²) < 4.78 is 33.0. The molecule has 1 saturated heterocycles. The zero-order valence-corrected chi connectivity index (χ0v) is 21.2. The normalized spacial score (nSPS) is 15.8. The lowest BCUT2D eigenvalue weighted by molar-refractivity contribution is 0.0483. The molecule has 0 radical (unpaired) electrons. The number of amides is 1. The molecule has 4 N–H and O–H groups in total. The molecule has 0 saturated carbocycles. The number of carbonyl (C=O) groups excluding carboxylic acids is 1. The van der Waals surface area contributed by atoms with Crippen molar-refractivity contribution in [2.45, 2.75) is 57.1 Å². The van der Waals surface area contributed by atoms with E-state index in [9.17, 15) is 13.2 Å². The van der Waals surface area contributed by atoms with Crippen molar-refractivity contribution in [3.8, 4) is 0 Å². The van der Waals surface area contributed by atoms with Crippen LogP contribution in [0, 0.1) is 6.92 Å². The Morgan fingerprint density at radius 3 is 2.43 bits per heavy atom. The molecule has 1 aliphatic rings. The van der Waals surface area contributed by atoms with Gasteiger partial charge in [0.05, 0.1) is 22.5 Å². The number of rotatable bonds is 5. The molecule has 1 fully saturated rings. The molecule has 0 atom stereocenters. The number of hydrazine groups is 1. The Morgan fingerprint density at radius 2 is 1.80 bits per heavy atom. The monoisotopic (exact) mass is 500 g/mol. The minimum atomic E-state index is -3.81. The number of nitrogens with one attached hydrogen (secondary N) is 2.